The zero-order valence-corrected chi connectivity index (χ0v) is 18.5. The van der Waals surface area contributed by atoms with Gasteiger partial charge in [0.25, 0.3) is 0 Å². The van der Waals surface area contributed by atoms with Crippen LogP contribution in [0.2, 0.25) is 0 Å². The highest BCUT2D eigenvalue weighted by atomic mass is 16.6. The van der Waals surface area contributed by atoms with Crippen molar-refractivity contribution < 1.29 is 19.1 Å². The predicted molar refractivity (Wildman–Crippen MR) is 116 cm³/mol. The van der Waals surface area contributed by atoms with Gasteiger partial charge in [-0.3, -0.25) is 4.79 Å². The first-order valence-corrected chi connectivity index (χ1v) is 10.7. The molecule has 0 spiro atoms. The Bertz CT molecular complexity index is 584. The topological polar surface area (TPSA) is 76.7 Å². The van der Waals surface area contributed by atoms with Crippen LogP contribution >= 0.6 is 0 Å². The number of carbonyl (C=O) groups is 2. The molecule has 1 aromatic rings. The normalized spacial score (nSPS) is 12.3. The highest BCUT2D eigenvalue weighted by Crippen LogP contribution is 2.08. The fourth-order valence-electron chi connectivity index (χ4n) is 2.74. The van der Waals surface area contributed by atoms with Crippen LogP contribution in [0.25, 0.3) is 0 Å². The third-order valence-electron chi connectivity index (χ3n) is 4.23. The van der Waals surface area contributed by atoms with Gasteiger partial charge < -0.3 is 20.1 Å². The molecule has 0 aliphatic carbocycles. The van der Waals surface area contributed by atoms with Crippen molar-refractivity contribution in [3.63, 3.8) is 0 Å². The van der Waals surface area contributed by atoms with Gasteiger partial charge in [-0.1, -0.05) is 69.4 Å². The molecule has 2 amide bonds. The third-order valence-corrected chi connectivity index (χ3v) is 4.23. The van der Waals surface area contributed by atoms with E-state index in [1.54, 1.807) is 20.8 Å². The highest BCUT2D eigenvalue weighted by molar-refractivity contribution is 5.85. The zero-order valence-electron chi connectivity index (χ0n) is 18.5. The van der Waals surface area contributed by atoms with E-state index in [-0.39, 0.29) is 12.5 Å². The molecule has 164 valence electrons. The Morgan fingerprint density at radius 2 is 1.66 bits per heavy atom. The second kappa shape index (κ2) is 14.0. The number of nitrogens with one attached hydrogen (secondary N) is 2. The van der Waals surface area contributed by atoms with E-state index < -0.39 is 17.7 Å². The van der Waals surface area contributed by atoms with Gasteiger partial charge in [-0.25, -0.2) is 4.79 Å². The Labute approximate surface area is 175 Å². The minimum Gasteiger partial charge on any atom is -0.444 e. The van der Waals surface area contributed by atoms with Gasteiger partial charge in [0, 0.05) is 6.54 Å². The second-order valence-electron chi connectivity index (χ2n) is 8.26. The number of hydrogen-bond acceptors (Lipinski definition) is 4. The number of unbranched alkanes of at least 4 members (excludes halogenated alkanes) is 5. The summed E-state index contributed by atoms with van der Waals surface area (Å²) in [4.78, 5) is 24.7. The standard InChI is InChI=1S/C23H38N2O4/c1-5-6-7-8-9-13-16-24-21(26)20(25-22(27)29-23(2,3)4)18-28-17-19-14-11-10-12-15-19/h10-12,14-15,20H,5-9,13,16-18H2,1-4H3,(H,24,26)(H,25,27)/t20-/m1/s1. The largest absolute Gasteiger partial charge is 0.444 e. The molecule has 0 fully saturated rings. The fourth-order valence-corrected chi connectivity index (χ4v) is 2.74. The number of hydrogen-bond donors (Lipinski definition) is 2. The van der Waals surface area contributed by atoms with Crippen LogP contribution in [0.1, 0.15) is 71.8 Å². The van der Waals surface area contributed by atoms with Crippen molar-refractivity contribution in [2.45, 2.75) is 84.5 Å². The number of ether oxygens (including phenoxy) is 2. The van der Waals surface area contributed by atoms with Gasteiger partial charge in [-0.15, -0.1) is 0 Å². The first-order chi connectivity index (χ1) is 13.8. The summed E-state index contributed by atoms with van der Waals surface area (Å²) in [5, 5.41) is 5.53. The maximum Gasteiger partial charge on any atom is 0.408 e. The molecule has 0 aliphatic rings. The highest BCUT2D eigenvalue weighted by Gasteiger charge is 2.24. The summed E-state index contributed by atoms with van der Waals surface area (Å²) in [6.07, 6.45) is 6.30. The SMILES string of the molecule is CCCCCCCCNC(=O)[C@@H](COCc1ccccc1)NC(=O)OC(C)(C)C. The van der Waals surface area contributed by atoms with Crippen LogP contribution < -0.4 is 10.6 Å². The molecule has 6 heteroatoms. The molecule has 1 rings (SSSR count). The van der Waals surface area contributed by atoms with Crippen molar-refractivity contribution in [3.8, 4) is 0 Å². The van der Waals surface area contributed by atoms with Crippen molar-refractivity contribution >= 4 is 12.0 Å². The lowest BCUT2D eigenvalue weighted by molar-refractivity contribution is -0.124. The van der Waals surface area contributed by atoms with E-state index in [2.05, 4.69) is 17.6 Å². The van der Waals surface area contributed by atoms with E-state index in [1.807, 2.05) is 30.3 Å². The summed E-state index contributed by atoms with van der Waals surface area (Å²) in [7, 11) is 0. The van der Waals surface area contributed by atoms with Crippen molar-refractivity contribution in [2.75, 3.05) is 13.2 Å². The Morgan fingerprint density at radius 3 is 2.31 bits per heavy atom. The van der Waals surface area contributed by atoms with Gasteiger partial charge in [0.05, 0.1) is 13.2 Å². The molecular formula is C23H38N2O4. The third kappa shape index (κ3) is 12.9. The number of benzene rings is 1. The summed E-state index contributed by atoms with van der Waals surface area (Å²) < 4.78 is 11.0. The minimum absolute atomic E-state index is 0.0798. The lowest BCUT2D eigenvalue weighted by Crippen LogP contribution is -2.50. The van der Waals surface area contributed by atoms with Gasteiger partial charge in [-0.2, -0.15) is 0 Å². The van der Waals surface area contributed by atoms with Crippen LogP contribution in [-0.4, -0.2) is 36.8 Å². The van der Waals surface area contributed by atoms with Gasteiger partial charge in [0.15, 0.2) is 0 Å². The van der Waals surface area contributed by atoms with Crippen molar-refractivity contribution in [1.82, 2.24) is 10.6 Å². The number of rotatable bonds is 13. The molecule has 6 nitrogen and oxygen atoms in total. The molecular weight excluding hydrogens is 368 g/mol. The molecule has 1 atom stereocenters. The van der Waals surface area contributed by atoms with Crippen molar-refractivity contribution in [2.24, 2.45) is 0 Å². The number of amides is 2. The van der Waals surface area contributed by atoms with E-state index in [1.165, 1.54) is 25.7 Å². The summed E-state index contributed by atoms with van der Waals surface area (Å²) in [5.74, 6) is -0.252. The molecule has 0 aromatic heterocycles. The quantitative estimate of drug-likeness (QED) is 0.470. The zero-order chi connectivity index (χ0) is 21.5. The maximum atomic E-state index is 12.6. The summed E-state index contributed by atoms with van der Waals surface area (Å²) in [5.41, 5.74) is 0.380. The molecule has 0 bridgehead atoms. The Morgan fingerprint density at radius 1 is 1.00 bits per heavy atom. The first-order valence-electron chi connectivity index (χ1n) is 10.7. The molecule has 0 heterocycles. The van der Waals surface area contributed by atoms with Crippen LogP contribution in [0.3, 0.4) is 0 Å². The van der Waals surface area contributed by atoms with E-state index >= 15 is 0 Å². The fraction of sp³-hybridized carbons (Fsp3) is 0.652. The van der Waals surface area contributed by atoms with Crippen LogP contribution in [0.15, 0.2) is 30.3 Å². The molecule has 0 saturated carbocycles. The van der Waals surface area contributed by atoms with Crippen molar-refractivity contribution in [1.29, 1.82) is 0 Å². The average molecular weight is 407 g/mol. The minimum atomic E-state index is -0.798. The molecule has 1 aromatic carbocycles. The number of carbonyl (C=O) groups excluding carboxylic acids is 2. The average Bonchev–Trinajstić information content (AvgIpc) is 2.65. The summed E-state index contributed by atoms with van der Waals surface area (Å²) in [6, 6.07) is 8.91. The monoisotopic (exact) mass is 406 g/mol. The van der Waals surface area contributed by atoms with Crippen molar-refractivity contribution in [3.05, 3.63) is 35.9 Å². The number of alkyl carbamates (subject to hydrolysis) is 1. The van der Waals surface area contributed by atoms with E-state index in [0.717, 1.165) is 18.4 Å². The van der Waals surface area contributed by atoms with Gasteiger partial charge in [-0.05, 0) is 32.8 Å². The summed E-state index contributed by atoms with van der Waals surface area (Å²) >= 11 is 0. The summed E-state index contributed by atoms with van der Waals surface area (Å²) in [6.45, 7) is 8.59. The predicted octanol–water partition coefficient (Wildman–Crippen LogP) is 4.57. The van der Waals surface area contributed by atoms with Gasteiger partial charge in [0.2, 0.25) is 5.91 Å². The lowest BCUT2D eigenvalue weighted by atomic mass is 10.1. The Hall–Kier alpha value is -2.08. The van der Waals surface area contributed by atoms with Crippen LogP contribution in [0.5, 0.6) is 0 Å². The van der Waals surface area contributed by atoms with Crippen LogP contribution in [-0.2, 0) is 20.9 Å². The smallest absolute Gasteiger partial charge is 0.408 e. The van der Waals surface area contributed by atoms with E-state index in [9.17, 15) is 9.59 Å². The molecule has 0 unspecified atom stereocenters. The second-order valence-corrected chi connectivity index (χ2v) is 8.26. The Kier molecular flexibility index (Phi) is 12.0. The maximum absolute atomic E-state index is 12.6. The van der Waals surface area contributed by atoms with Gasteiger partial charge in [0.1, 0.15) is 11.6 Å². The van der Waals surface area contributed by atoms with Gasteiger partial charge >= 0.3 is 6.09 Å². The molecule has 0 aliphatic heterocycles. The lowest BCUT2D eigenvalue weighted by Gasteiger charge is -2.23. The Balaban J connectivity index is 2.47. The van der Waals surface area contributed by atoms with Crippen LogP contribution in [0.4, 0.5) is 4.79 Å². The van der Waals surface area contributed by atoms with Crippen LogP contribution in [0, 0.1) is 0 Å². The van der Waals surface area contributed by atoms with E-state index in [0.29, 0.717) is 13.2 Å². The molecule has 2 N–H and O–H groups in total. The van der Waals surface area contributed by atoms with E-state index in [4.69, 9.17) is 9.47 Å². The first kappa shape index (κ1) is 25.0. The molecule has 29 heavy (non-hydrogen) atoms. The molecule has 0 saturated heterocycles. The molecule has 0 radical (unpaired) electrons.